The normalized spacial score (nSPS) is 14.3. The Morgan fingerprint density at radius 1 is 1.52 bits per heavy atom. The highest BCUT2D eigenvalue weighted by atomic mass is 16.5. The third-order valence-corrected chi connectivity index (χ3v) is 3.15. The maximum atomic E-state index is 12.2. The van der Waals surface area contributed by atoms with Crippen molar-refractivity contribution >= 4 is 17.6 Å². The van der Waals surface area contributed by atoms with Gasteiger partial charge < -0.3 is 25.2 Å². The van der Waals surface area contributed by atoms with E-state index in [2.05, 4.69) is 10.6 Å². The van der Waals surface area contributed by atoms with Gasteiger partial charge in [-0.1, -0.05) is 6.07 Å². The van der Waals surface area contributed by atoms with Gasteiger partial charge in [0.15, 0.2) is 5.75 Å². The number of hydrogen-bond donors (Lipinski definition) is 3. The van der Waals surface area contributed by atoms with Crippen LogP contribution in [0.25, 0.3) is 0 Å². The van der Waals surface area contributed by atoms with Crippen molar-refractivity contribution in [3.8, 4) is 5.75 Å². The van der Waals surface area contributed by atoms with E-state index in [1.54, 1.807) is 12.1 Å². The minimum Gasteiger partial charge on any atom is -0.489 e. The molecule has 7 heteroatoms. The molecule has 7 nitrogen and oxygen atoms in total. The lowest BCUT2D eigenvalue weighted by Gasteiger charge is -2.21. The maximum absolute atomic E-state index is 12.2. The monoisotopic (exact) mass is 294 g/mol. The summed E-state index contributed by atoms with van der Waals surface area (Å²) < 4.78 is 10.5. The lowest BCUT2D eigenvalue weighted by atomic mass is 10.1. The Bertz CT molecular complexity index is 532. The molecule has 1 aromatic carbocycles. The minimum absolute atomic E-state index is 0.124. The first-order valence-corrected chi connectivity index (χ1v) is 6.64. The van der Waals surface area contributed by atoms with E-state index in [0.717, 1.165) is 5.69 Å². The van der Waals surface area contributed by atoms with Crippen molar-refractivity contribution in [1.29, 1.82) is 0 Å². The highest BCUT2D eigenvalue weighted by molar-refractivity contribution is 5.99. The zero-order valence-electron chi connectivity index (χ0n) is 11.7. The molecule has 0 fully saturated rings. The van der Waals surface area contributed by atoms with Crippen LogP contribution in [0.5, 0.6) is 5.75 Å². The molecule has 1 aliphatic heterocycles. The third kappa shape index (κ3) is 3.85. The second kappa shape index (κ2) is 6.94. The predicted octanol–water partition coefficient (Wildman–Crippen LogP) is 0.710. The number of amides is 1. The molecule has 1 unspecified atom stereocenters. The molecule has 3 N–H and O–H groups in total. The molecule has 0 aromatic heterocycles. The number of carboxylic acids is 1. The molecule has 1 heterocycles. The molecule has 1 aromatic rings. The molecule has 0 spiro atoms. The van der Waals surface area contributed by atoms with Gasteiger partial charge in [0.25, 0.3) is 5.91 Å². The second-order valence-corrected chi connectivity index (χ2v) is 4.62. The molecule has 0 saturated heterocycles. The van der Waals surface area contributed by atoms with Crippen LogP contribution in [-0.4, -0.2) is 49.9 Å². The number of fused-ring (bicyclic) bond motifs is 1. The molecule has 1 amide bonds. The van der Waals surface area contributed by atoms with Gasteiger partial charge in [0.05, 0.1) is 23.8 Å². The van der Waals surface area contributed by atoms with Crippen LogP contribution in [0.4, 0.5) is 5.69 Å². The summed E-state index contributed by atoms with van der Waals surface area (Å²) in [6.45, 7) is 1.32. The molecule has 0 bridgehead atoms. The van der Waals surface area contributed by atoms with Crippen LogP contribution in [0, 0.1) is 0 Å². The SMILES string of the molecule is COC(CNC(=O)c1cccc2c1OCCN2)CC(=O)O. The van der Waals surface area contributed by atoms with E-state index in [0.29, 0.717) is 24.5 Å². The molecule has 0 radical (unpaired) electrons. The first-order valence-electron chi connectivity index (χ1n) is 6.64. The van der Waals surface area contributed by atoms with E-state index in [1.807, 2.05) is 6.07 Å². The summed E-state index contributed by atoms with van der Waals surface area (Å²) in [6, 6.07) is 5.27. The van der Waals surface area contributed by atoms with E-state index < -0.39 is 12.1 Å². The smallest absolute Gasteiger partial charge is 0.306 e. The summed E-state index contributed by atoms with van der Waals surface area (Å²) in [4.78, 5) is 22.9. The number of para-hydroxylation sites is 1. The Kier molecular flexibility index (Phi) is 4.99. The topological polar surface area (TPSA) is 96.9 Å². The van der Waals surface area contributed by atoms with Gasteiger partial charge in [0.2, 0.25) is 0 Å². The van der Waals surface area contributed by atoms with Crippen LogP contribution >= 0.6 is 0 Å². The van der Waals surface area contributed by atoms with E-state index in [9.17, 15) is 9.59 Å². The number of hydrogen-bond acceptors (Lipinski definition) is 5. The van der Waals surface area contributed by atoms with Crippen molar-refractivity contribution in [2.45, 2.75) is 12.5 Å². The van der Waals surface area contributed by atoms with Crippen molar-refractivity contribution in [1.82, 2.24) is 5.32 Å². The molecule has 0 saturated carbocycles. The predicted molar refractivity (Wildman–Crippen MR) is 75.8 cm³/mol. The van der Waals surface area contributed by atoms with Gasteiger partial charge in [-0.15, -0.1) is 0 Å². The number of aliphatic carboxylic acids is 1. The van der Waals surface area contributed by atoms with E-state index in [4.69, 9.17) is 14.6 Å². The lowest BCUT2D eigenvalue weighted by molar-refractivity contribution is -0.139. The van der Waals surface area contributed by atoms with Gasteiger partial charge in [-0.05, 0) is 12.1 Å². The molecule has 1 aliphatic rings. The molecule has 21 heavy (non-hydrogen) atoms. The number of carbonyl (C=O) groups excluding carboxylic acids is 1. The summed E-state index contributed by atoms with van der Waals surface area (Å²) in [5.41, 5.74) is 1.20. The first-order chi connectivity index (χ1) is 10.1. The fourth-order valence-electron chi connectivity index (χ4n) is 2.08. The van der Waals surface area contributed by atoms with Gasteiger partial charge in [0.1, 0.15) is 6.61 Å². The van der Waals surface area contributed by atoms with Crippen molar-refractivity contribution < 1.29 is 24.2 Å². The summed E-state index contributed by atoms with van der Waals surface area (Å²) in [5.74, 6) is -0.767. The van der Waals surface area contributed by atoms with Crippen LogP contribution in [0.2, 0.25) is 0 Å². The Labute approximate surface area is 122 Å². The fourth-order valence-corrected chi connectivity index (χ4v) is 2.08. The quantitative estimate of drug-likeness (QED) is 0.715. The fraction of sp³-hybridized carbons (Fsp3) is 0.429. The first kappa shape index (κ1) is 15.1. The maximum Gasteiger partial charge on any atom is 0.306 e. The number of carbonyl (C=O) groups is 2. The second-order valence-electron chi connectivity index (χ2n) is 4.62. The number of methoxy groups -OCH3 is 1. The van der Waals surface area contributed by atoms with E-state index in [-0.39, 0.29) is 18.9 Å². The average Bonchev–Trinajstić information content (AvgIpc) is 2.50. The van der Waals surface area contributed by atoms with Crippen molar-refractivity contribution in [2.24, 2.45) is 0 Å². The largest absolute Gasteiger partial charge is 0.489 e. The van der Waals surface area contributed by atoms with Crippen molar-refractivity contribution in [2.75, 3.05) is 32.1 Å². The summed E-state index contributed by atoms with van der Waals surface area (Å²) >= 11 is 0. The Morgan fingerprint density at radius 2 is 2.33 bits per heavy atom. The van der Waals surface area contributed by atoms with Gasteiger partial charge in [0, 0.05) is 20.2 Å². The van der Waals surface area contributed by atoms with Crippen LogP contribution in [0.1, 0.15) is 16.8 Å². The van der Waals surface area contributed by atoms with E-state index >= 15 is 0 Å². The number of anilines is 1. The van der Waals surface area contributed by atoms with Gasteiger partial charge >= 0.3 is 5.97 Å². The van der Waals surface area contributed by atoms with Gasteiger partial charge in [-0.25, -0.2) is 0 Å². The van der Waals surface area contributed by atoms with E-state index in [1.165, 1.54) is 7.11 Å². The number of rotatable bonds is 6. The Morgan fingerprint density at radius 3 is 3.05 bits per heavy atom. The number of carboxylic acid groups (broad SMARTS) is 1. The lowest BCUT2D eigenvalue weighted by Crippen LogP contribution is -2.35. The Balaban J connectivity index is 2.02. The number of nitrogens with one attached hydrogen (secondary N) is 2. The van der Waals surface area contributed by atoms with Crippen LogP contribution < -0.4 is 15.4 Å². The average molecular weight is 294 g/mol. The number of ether oxygens (including phenoxy) is 2. The summed E-state index contributed by atoms with van der Waals surface area (Å²) in [5, 5.41) is 14.6. The highest BCUT2D eigenvalue weighted by Crippen LogP contribution is 2.30. The summed E-state index contributed by atoms with van der Waals surface area (Å²) in [7, 11) is 1.41. The third-order valence-electron chi connectivity index (χ3n) is 3.15. The number of benzene rings is 1. The van der Waals surface area contributed by atoms with Crippen molar-refractivity contribution in [3.05, 3.63) is 23.8 Å². The highest BCUT2D eigenvalue weighted by Gasteiger charge is 2.20. The standard InChI is InChI=1S/C14H18N2O5/c1-20-9(7-12(17)18)8-16-14(19)10-3-2-4-11-13(10)21-6-5-15-11/h2-4,9,15H,5-8H2,1H3,(H,16,19)(H,17,18). The van der Waals surface area contributed by atoms with Crippen molar-refractivity contribution in [3.63, 3.8) is 0 Å². The van der Waals surface area contributed by atoms with Crippen LogP contribution in [0.15, 0.2) is 18.2 Å². The Hall–Kier alpha value is -2.28. The molecule has 1 atom stereocenters. The van der Waals surface area contributed by atoms with Gasteiger partial charge in [-0.3, -0.25) is 9.59 Å². The molecule has 2 rings (SSSR count). The van der Waals surface area contributed by atoms with Crippen LogP contribution in [0.3, 0.4) is 0 Å². The van der Waals surface area contributed by atoms with Gasteiger partial charge in [-0.2, -0.15) is 0 Å². The molecule has 0 aliphatic carbocycles. The zero-order valence-corrected chi connectivity index (χ0v) is 11.7. The van der Waals surface area contributed by atoms with Crippen LogP contribution in [-0.2, 0) is 9.53 Å². The zero-order chi connectivity index (χ0) is 15.2. The molecular formula is C14H18N2O5. The molecular weight excluding hydrogens is 276 g/mol. The molecule has 114 valence electrons. The minimum atomic E-state index is -0.972. The summed E-state index contributed by atoms with van der Waals surface area (Å²) in [6.07, 6.45) is -0.730.